The Hall–Kier alpha value is -2.21. The molecule has 7 heteroatoms. The number of halogens is 1. The normalized spacial score (nSPS) is 10.9. The van der Waals surface area contributed by atoms with Gasteiger partial charge in [0.15, 0.2) is 0 Å². The van der Waals surface area contributed by atoms with Gasteiger partial charge in [0.05, 0.1) is 12.2 Å². The number of fused-ring (bicyclic) bond motifs is 1. The maximum Gasteiger partial charge on any atom is 0.255 e. The molecule has 0 saturated heterocycles. The van der Waals surface area contributed by atoms with Gasteiger partial charge < -0.3 is 5.32 Å². The van der Waals surface area contributed by atoms with Crippen molar-refractivity contribution in [1.29, 1.82) is 0 Å². The van der Waals surface area contributed by atoms with E-state index in [-0.39, 0.29) is 0 Å². The average Bonchev–Trinajstić information content (AvgIpc) is 2.87. The van der Waals surface area contributed by atoms with Crippen LogP contribution in [-0.2, 0) is 6.54 Å². The summed E-state index contributed by atoms with van der Waals surface area (Å²) in [7, 11) is 0. The minimum Gasteiger partial charge on any atom is -0.364 e. The van der Waals surface area contributed by atoms with Crippen molar-refractivity contribution in [2.45, 2.75) is 20.4 Å². The predicted molar refractivity (Wildman–Crippen MR) is 76.8 cm³/mol. The zero-order valence-corrected chi connectivity index (χ0v) is 11.9. The highest BCUT2D eigenvalue weighted by Gasteiger charge is 2.11. The quantitative estimate of drug-likeness (QED) is 0.750. The van der Waals surface area contributed by atoms with Crippen LogP contribution in [0.25, 0.3) is 5.78 Å². The molecule has 0 fully saturated rings. The molecule has 3 aromatic heterocycles. The second-order valence-corrected chi connectivity index (χ2v) is 4.83. The summed E-state index contributed by atoms with van der Waals surface area (Å²) in [6.07, 6.45) is 1.45. The molecular formula is C13H13ClN6. The smallest absolute Gasteiger partial charge is 0.255 e. The summed E-state index contributed by atoms with van der Waals surface area (Å²) in [5.74, 6) is 1.25. The van der Waals surface area contributed by atoms with Crippen LogP contribution in [0.3, 0.4) is 0 Å². The molecule has 0 saturated carbocycles. The standard InChI is InChI=1S/C13H13ClN6/c1-8-4-3-5-10(18-8)6-15-12-9(2)11(14)19-13-16-7-17-20(12)13/h3-5,7,15H,6H2,1-2H3. The summed E-state index contributed by atoms with van der Waals surface area (Å²) in [4.78, 5) is 12.7. The summed E-state index contributed by atoms with van der Waals surface area (Å²) >= 11 is 6.11. The molecule has 3 heterocycles. The molecule has 3 aromatic rings. The third-order valence-corrected chi connectivity index (χ3v) is 3.36. The van der Waals surface area contributed by atoms with E-state index < -0.39 is 0 Å². The SMILES string of the molecule is Cc1cccc(CNc2c(C)c(Cl)nc3ncnn23)n1. The van der Waals surface area contributed by atoms with Gasteiger partial charge in [-0.05, 0) is 26.0 Å². The lowest BCUT2D eigenvalue weighted by atomic mass is 10.3. The van der Waals surface area contributed by atoms with Crippen LogP contribution in [0, 0.1) is 13.8 Å². The number of hydrogen-bond acceptors (Lipinski definition) is 5. The van der Waals surface area contributed by atoms with E-state index in [1.54, 1.807) is 4.52 Å². The van der Waals surface area contributed by atoms with Crippen LogP contribution in [0.5, 0.6) is 0 Å². The first-order valence-electron chi connectivity index (χ1n) is 6.17. The molecule has 102 valence electrons. The summed E-state index contributed by atoms with van der Waals surface area (Å²) in [6.45, 7) is 4.44. The molecule has 0 aromatic carbocycles. The monoisotopic (exact) mass is 288 g/mol. The van der Waals surface area contributed by atoms with Gasteiger partial charge >= 0.3 is 0 Å². The van der Waals surface area contributed by atoms with Crippen molar-refractivity contribution in [3.05, 3.63) is 46.6 Å². The van der Waals surface area contributed by atoms with Gasteiger partial charge in [0, 0.05) is 11.3 Å². The molecule has 0 amide bonds. The Morgan fingerprint density at radius 2 is 2.10 bits per heavy atom. The molecule has 3 rings (SSSR count). The molecule has 0 unspecified atom stereocenters. The molecule has 0 radical (unpaired) electrons. The van der Waals surface area contributed by atoms with Gasteiger partial charge in [-0.1, -0.05) is 17.7 Å². The molecule has 0 aliphatic heterocycles. The largest absolute Gasteiger partial charge is 0.364 e. The molecule has 20 heavy (non-hydrogen) atoms. The first-order chi connectivity index (χ1) is 9.65. The van der Waals surface area contributed by atoms with E-state index in [4.69, 9.17) is 11.6 Å². The summed E-state index contributed by atoms with van der Waals surface area (Å²) in [5.41, 5.74) is 2.77. The van der Waals surface area contributed by atoms with Gasteiger partial charge in [-0.2, -0.15) is 19.6 Å². The van der Waals surface area contributed by atoms with E-state index in [2.05, 4.69) is 25.4 Å². The lowest BCUT2D eigenvalue weighted by Crippen LogP contribution is -2.10. The molecule has 1 N–H and O–H groups in total. The topological polar surface area (TPSA) is 68.0 Å². The zero-order valence-electron chi connectivity index (χ0n) is 11.1. The Labute approximate surface area is 120 Å². The number of pyridine rings is 1. The molecule has 0 atom stereocenters. The Bertz CT molecular complexity index is 767. The van der Waals surface area contributed by atoms with Crippen molar-refractivity contribution in [3.8, 4) is 0 Å². The second kappa shape index (κ2) is 5.05. The van der Waals surface area contributed by atoms with Gasteiger partial charge in [-0.15, -0.1) is 0 Å². The summed E-state index contributed by atoms with van der Waals surface area (Å²) in [6, 6.07) is 5.92. The molecule has 6 nitrogen and oxygen atoms in total. The third-order valence-electron chi connectivity index (χ3n) is 2.99. The molecule has 0 spiro atoms. The fourth-order valence-electron chi connectivity index (χ4n) is 1.98. The summed E-state index contributed by atoms with van der Waals surface area (Å²) in [5, 5.41) is 7.87. The summed E-state index contributed by atoms with van der Waals surface area (Å²) < 4.78 is 1.64. The first-order valence-corrected chi connectivity index (χ1v) is 6.55. The number of anilines is 1. The number of aryl methyl sites for hydroxylation is 1. The first kappa shape index (κ1) is 12.8. The van der Waals surface area contributed by atoms with E-state index in [0.29, 0.717) is 17.5 Å². The fourth-order valence-corrected chi connectivity index (χ4v) is 2.14. The molecule has 0 aliphatic rings. The van der Waals surface area contributed by atoms with Crippen molar-refractivity contribution in [1.82, 2.24) is 24.6 Å². The molecule has 0 bridgehead atoms. The second-order valence-electron chi connectivity index (χ2n) is 4.47. The van der Waals surface area contributed by atoms with E-state index >= 15 is 0 Å². The van der Waals surface area contributed by atoms with Crippen LogP contribution >= 0.6 is 11.6 Å². The minimum atomic E-state index is 0.421. The van der Waals surface area contributed by atoms with Crippen LogP contribution in [0.2, 0.25) is 5.15 Å². The van der Waals surface area contributed by atoms with Crippen molar-refractivity contribution in [2.24, 2.45) is 0 Å². The van der Waals surface area contributed by atoms with Crippen molar-refractivity contribution >= 4 is 23.2 Å². The van der Waals surface area contributed by atoms with Crippen LogP contribution in [0.4, 0.5) is 5.82 Å². The number of hydrogen-bond donors (Lipinski definition) is 1. The maximum absolute atomic E-state index is 6.11. The van der Waals surface area contributed by atoms with Crippen molar-refractivity contribution < 1.29 is 0 Å². The van der Waals surface area contributed by atoms with E-state index in [9.17, 15) is 0 Å². The predicted octanol–water partition coefficient (Wildman–Crippen LogP) is 2.40. The zero-order chi connectivity index (χ0) is 14.1. The number of aromatic nitrogens is 5. The number of rotatable bonds is 3. The van der Waals surface area contributed by atoms with Gasteiger partial charge in [-0.3, -0.25) is 4.98 Å². The Morgan fingerprint density at radius 1 is 1.25 bits per heavy atom. The lowest BCUT2D eigenvalue weighted by Gasteiger charge is -2.11. The van der Waals surface area contributed by atoms with Gasteiger partial charge in [0.25, 0.3) is 5.78 Å². The van der Waals surface area contributed by atoms with Crippen LogP contribution < -0.4 is 5.32 Å². The average molecular weight is 289 g/mol. The third kappa shape index (κ3) is 2.30. The highest BCUT2D eigenvalue weighted by Crippen LogP contribution is 2.22. The maximum atomic E-state index is 6.11. The lowest BCUT2D eigenvalue weighted by molar-refractivity contribution is 0.903. The van der Waals surface area contributed by atoms with Crippen LogP contribution in [0.1, 0.15) is 17.0 Å². The van der Waals surface area contributed by atoms with Gasteiger partial charge in [0.2, 0.25) is 0 Å². The molecule has 0 aliphatic carbocycles. The van der Waals surface area contributed by atoms with Crippen molar-refractivity contribution in [3.63, 3.8) is 0 Å². The van der Waals surface area contributed by atoms with E-state index in [0.717, 1.165) is 22.8 Å². The van der Waals surface area contributed by atoms with Gasteiger partial charge in [-0.25, -0.2) is 0 Å². The Kier molecular flexibility index (Phi) is 3.23. The van der Waals surface area contributed by atoms with Crippen LogP contribution in [-0.4, -0.2) is 24.6 Å². The Balaban J connectivity index is 1.94. The van der Waals surface area contributed by atoms with Gasteiger partial charge in [0.1, 0.15) is 17.3 Å². The van der Waals surface area contributed by atoms with Crippen molar-refractivity contribution in [2.75, 3.05) is 5.32 Å². The number of nitrogens with zero attached hydrogens (tertiary/aromatic N) is 5. The fraction of sp³-hybridized carbons (Fsp3) is 0.231. The van der Waals surface area contributed by atoms with E-state index in [1.807, 2.05) is 32.0 Å². The minimum absolute atomic E-state index is 0.421. The number of nitrogens with one attached hydrogen (secondary N) is 1. The Morgan fingerprint density at radius 3 is 2.90 bits per heavy atom. The molecular weight excluding hydrogens is 276 g/mol. The highest BCUT2D eigenvalue weighted by atomic mass is 35.5. The van der Waals surface area contributed by atoms with Crippen LogP contribution in [0.15, 0.2) is 24.5 Å². The highest BCUT2D eigenvalue weighted by molar-refractivity contribution is 6.30. The van der Waals surface area contributed by atoms with E-state index in [1.165, 1.54) is 6.33 Å².